The number of hydrogen-bond donors (Lipinski definition) is 1. The average Bonchev–Trinajstić information content (AvgIpc) is 3.07. The number of rotatable bonds is 5. The van der Waals surface area contributed by atoms with Crippen LogP contribution in [0.3, 0.4) is 0 Å². The van der Waals surface area contributed by atoms with Gasteiger partial charge in [-0.25, -0.2) is 4.39 Å². The summed E-state index contributed by atoms with van der Waals surface area (Å²) in [7, 11) is 0. The highest BCUT2D eigenvalue weighted by atomic mass is 19.1. The summed E-state index contributed by atoms with van der Waals surface area (Å²) in [6, 6.07) is 7.61. The minimum Gasteiger partial charge on any atom is -0.340 e. The van der Waals surface area contributed by atoms with E-state index < -0.39 is 0 Å². The van der Waals surface area contributed by atoms with Crippen LogP contribution in [0.2, 0.25) is 0 Å². The van der Waals surface area contributed by atoms with Gasteiger partial charge in [-0.15, -0.1) is 0 Å². The second kappa shape index (κ2) is 8.30. The SMILES string of the molecule is Cc1cc(NC(=O)[C@@H](C)N2CCN(C(=O)Cc3ccccc3F)CC2)on1. The Bertz CT molecular complexity index is 815. The number of carbonyl (C=O) groups excluding carboxylic acids is 2. The number of aromatic nitrogens is 1. The smallest absolute Gasteiger partial charge is 0.243 e. The predicted molar refractivity (Wildman–Crippen MR) is 97.6 cm³/mol. The van der Waals surface area contributed by atoms with Crippen LogP contribution in [0, 0.1) is 12.7 Å². The fraction of sp³-hybridized carbons (Fsp3) is 0.421. The maximum atomic E-state index is 13.7. The van der Waals surface area contributed by atoms with E-state index in [-0.39, 0.29) is 30.1 Å². The standard InChI is InChI=1S/C19H23FN4O3/c1-13-11-17(27-22-13)21-19(26)14(2)23-7-9-24(10-8-23)18(25)12-15-5-3-4-6-16(15)20/h3-6,11,14H,7-10,12H2,1-2H3,(H,21,26)/t14-/m1/s1. The number of anilines is 1. The summed E-state index contributed by atoms with van der Waals surface area (Å²) in [4.78, 5) is 28.5. The first kappa shape index (κ1) is 19.0. The summed E-state index contributed by atoms with van der Waals surface area (Å²) in [5.74, 6) is -0.327. The van der Waals surface area contributed by atoms with E-state index in [0.29, 0.717) is 43.3 Å². The molecule has 0 bridgehead atoms. The monoisotopic (exact) mass is 374 g/mol. The van der Waals surface area contributed by atoms with Gasteiger partial charge in [-0.05, 0) is 25.5 Å². The zero-order chi connectivity index (χ0) is 19.4. The minimum atomic E-state index is -0.363. The molecule has 0 radical (unpaired) electrons. The van der Waals surface area contributed by atoms with Crippen LogP contribution in [0.15, 0.2) is 34.9 Å². The van der Waals surface area contributed by atoms with E-state index in [1.54, 1.807) is 36.1 Å². The van der Waals surface area contributed by atoms with Gasteiger partial charge in [-0.1, -0.05) is 23.4 Å². The molecule has 0 unspecified atom stereocenters. The number of carbonyl (C=O) groups is 2. The lowest BCUT2D eigenvalue weighted by Crippen LogP contribution is -2.54. The molecule has 8 heteroatoms. The molecular weight excluding hydrogens is 351 g/mol. The molecule has 1 aliphatic rings. The second-order valence-electron chi connectivity index (χ2n) is 6.68. The number of nitrogens with zero attached hydrogens (tertiary/aromatic N) is 3. The number of hydrogen-bond acceptors (Lipinski definition) is 5. The lowest BCUT2D eigenvalue weighted by Gasteiger charge is -2.37. The Labute approximate surface area is 157 Å². The highest BCUT2D eigenvalue weighted by Crippen LogP contribution is 2.14. The number of nitrogens with one attached hydrogen (secondary N) is 1. The number of amides is 2. The quantitative estimate of drug-likeness (QED) is 0.864. The first-order valence-corrected chi connectivity index (χ1v) is 8.93. The van der Waals surface area contributed by atoms with E-state index in [2.05, 4.69) is 10.5 Å². The summed E-state index contributed by atoms with van der Waals surface area (Å²) in [6.07, 6.45) is 0.0492. The molecule has 0 spiro atoms. The third kappa shape index (κ3) is 4.71. The first-order chi connectivity index (χ1) is 12.9. The van der Waals surface area contributed by atoms with Crippen molar-refractivity contribution in [3.05, 3.63) is 47.4 Å². The van der Waals surface area contributed by atoms with E-state index in [4.69, 9.17) is 4.52 Å². The molecule has 1 N–H and O–H groups in total. The van der Waals surface area contributed by atoms with Gasteiger partial charge in [0.2, 0.25) is 17.7 Å². The van der Waals surface area contributed by atoms with Crippen LogP contribution in [0.5, 0.6) is 0 Å². The van der Waals surface area contributed by atoms with Crippen molar-refractivity contribution >= 4 is 17.7 Å². The van der Waals surface area contributed by atoms with Crippen LogP contribution in [0.4, 0.5) is 10.3 Å². The van der Waals surface area contributed by atoms with Crippen molar-refractivity contribution in [2.75, 3.05) is 31.5 Å². The maximum Gasteiger partial charge on any atom is 0.243 e. The number of benzene rings is 1. The molecule has 0 aliphatic carbocycles. The molecule has 27 heavy (non-hydrogen) atoms. The van der Waals surface area contributed by atoms with Gasteiger partial charge in [-0.3, -0.25) is 19.8 Å². The largest absolute Gasteiger partial charge is 0.340 e. The fourth-order valence-corrected chi connectivity index (χ4v) is 3.09. The molecule has 2 aromatic rings. The minimum absolute atomic E-state index is 0.0492. The van der Waals surface area contributed by atoms with Crippen molar-refractivity contribution in [2.45, 2.75) is 26.3 Å². The molecule has 144 valence electrons. The van der Waals surface area contributed by atoms with E-state index in [1.165, 1.54) is 6.07 Å². The summed E-state index contributed by atoms with van der Waals surface area (Å²) in [6.45, 7) is 5.76. The van der Waals surface area contributed by atoms with Crippen molar-refractivity contribution in [3.63, 3.8) is 0 Å². The molecule has 2 heterocycles. The molecule has 1 aromatic heterocycles. The van der Waals surface area contributed by atoms with Gasteiger partial charge in [0.1, 0.15) is 5.82 Å². The van der Waals surface area contributed by atoms with E-state index in [9.17, 15) is 14.0 Å². The van der Waals surface area contributed by atoms with Gasteiger partial charge in [-0.2, -0.15) is 0 Å². The van der Waals surface area contributed by atoms with Crippen molar-refractivity contribution in [3.8, 4) is 0 Å². The molecule has 1 atom stereocenters. The van der Waals surface area contributed by atoms with Crippen LogP contribution in [-0.4, -0.2) is 59.0 Å². The van der Waals surface area contributed by atoms with Crippen molar-refractivity contribution in [1.82, 2.24) is 15.0 Å². The van der Waals surface area contributed by atoms with Crippen LogP contribution in [0.1, 0.15) is 18.2 Å². The lowest BCUT2D eigenvalue weighted by atomic mass is 10.1. The van der Waals surface area contributed by atoms with Gasteiger partial charge in [0.05, 0.1) is 18.2 Å². The number of piperazine rings is 1. The Morgan fingerprint density at radius 3 is 2.59 bits per heavy atom. The third-order valence-electron chi connectivity index (χ3n) is 4.77. The number of halogens is 1. The van der Waals surface area contributed by atoms with Crippen LogP contribution < -0.4 is 5.32 Å². The molecule has 1 aliphatic heterocycles. The third-order valence-corrected chi connectivity index (χ3v) is 4.77. The van der Waals surface area contributed by atoms with Gasteiger partial charge in [0.15, 0.2) is 0 Å². The Kier molecular flexibility index (Phi) is 5.85. The highest BCUT2D eigenvalue weighted by molar-refractivity contribution is 5.93. The zero-order valence-electron chi connectivity index (χ0n) is 15.4. The first-order valence-electron chi connectivity index (χ1n) is 8.93. The second-order valence-corrected chi connectivity index (χ2v) is 6.68. The van der Waals surface area contributed by atoms with Crippen molar-refractivity contribution in [1.29, 1.82) is 0 Å². The summed E-state index contributed by atoms with van der Waals surface area (Å²) in [5, 5.41) is 6.44. The Hall–Kier alpha value is -2.74. The molecule has 7 nitrogen and oxygen atoms in total. The summed E-state index contributed by atoms with van der Waals surface area (Å²) >= 11 is 0. The molecule has 3 rings (SSSR count). The predicted octanol–water partition coefficient (Wildman–Crippen LogP) is 1.84. The Morgan fingerprint density at radius 1 is 1.26 bits per heavy atom. The van der Waals surface area contributed by atoms with Crippen LogP contribution >= 0.6 is 0 Å². The summed E-state index contributed by atoms with van der Waals surface area (Å²) in [5.41, 5.74) is 1.10. The van der Waals surface area contributed by atoms with Gasteiger partial charge in [0, 0.05) is 32.2 Å². The maximum absolute atomic E-state index is 13.7. The molecule has 0 saturated carbocycles. The fourth-order valence-electron chi connectivity index (χ4n) is 3.09. The van der Waals surface area contributed by atoms with E-state index in [1.807, 2.05) is 11.8 Å². The van der Waals surface area contributed by atoms with E-state index in [0.717, 1.165) is 0 Å². The van der Waals surface area contributed by atoms with Crippen molar-refractivity contribution in [2.24, 2.45) is 0 Å². The summed E-state index contributed by atoms with van der Waals surface area (Å²) < 4.78 is 18.7. The highest BCUT2D eigenvalue weighted by Gasteiger charge is 2.28. The lowest BCUT2D eigenvalue weighted by molar-refractivity contribution is -0.133. The number of aryl methyl sites for hydroxylation is 1. The van der Waals surface area contributed by atoms with E-state index >= 15 is 0 Å². The van der Waals surface area contributed by atoms with Gasteiger partial charge < -0.3 is 9.42 Å². The van der Waals surface area contributed by atoms with Crippen molar-refractivity contribution < 1.29 is 18.5 Å². The van der Waals surface area contributed by atoms with Crippen LogP contribution in [-0.2, 0) is 16.0 Å². The Balaban J connectivity index is 1.49. The molecule has 1 aromatic carbocycles. The molecule has 2 amide bonds. The van der Waals surface area contributed by atoms with Crippen LogP contribution in [0.25, 0.3) is 0 Å². The topological polar surface area (TPSA) is 78.7 Å². The average molecular weight is 374 g/mol. The Morgan fingerprint density at radius 2 is 1.96 bits per heavy atom. The van der Waals surface area contributed by atoms with Gasteiger partial charge in [0.25, 0.3) is 0 Å². The molecular formula is C19H23FN4O3. The normalized spacial score (nSPS) is 16.2. The van der Waals surface area contributed by atoms with Gasteiger partial charge >= 0.3 is 0 Å². The molecule has 1 fully saturated rings. The molecule has 1 saturated heterocycles. The zero-order valence-corrected chi connectivity index (χ0v) is 15.4.